The fraction of sp³-hybridized carbons (Fsp3) is 0.909. The molecule has 1 rings (SSSR count). The minimum Gasteiger partial charge on any atom is -0.379 e. The highest BCUT2D eigenvalue weighted by Gasteiger charge is 2.35. The number of hydrogen-bond acceptors (Lipinski definition) is 3. The molecule has 0 spiro atoms. The number of hydrogen-bond donors (Lipinski definition) is 1. The Morgan fingerprint density at radius 1 is 1.60 bits per heavy atom. The summed E-state index contributed by atoms with van der Waals surface area (Å²) < 4.78 is 5.49. The summed E-state index contributed by atoms with van der Waals surface area (Å²) in [4.78, 5) is 13.9. The second-order valence-corrected chi connectivity index (χ2v) is 4.29. The number of carbonyl (C=O) groups excluding carboxylic acids is 1. The van der Waals surface area contributed by atoms with Gasteiger partial charge in [0, 0.05) is 20.2 Å². The van der Waals surface area contributed by atoms with E-state index in [1.54, 1.807) is 14.2 Å². The summed E-state index contributed by atoms with van der Waals surface area (Å²) >= 11 is 0. The molecule has 3 unspecified atom stereocenters. The molecule has 1 aliphatic heterocycles. The van der Waals surface area contributed by atoms with Gasteiger partial charge in [-0.3, -0.25) is 4.79 Å². The van der Waals surface area contributed by atoms with Crippen LogP contribution in [-0.2, 0) is 9.53 Å². The van der Waals surface area contributed by atoms with Gasteiger partial charge in [-0.15, -0.1) is 0 Å². The zero-order valence-corrected chi connectivity index (χ0v) is 10.1. The van der Waals surface area contributed by atoms with Crippen LogP contribution in [-0.4, -0.2) is 50.7 Å². The van der Waals surface area contributed by atoms with Gasteiger partial charge in [-0.25, -0.2) is 0 Å². The summed E-state index contributed by atoms with van der Waals surface area (Å²) in [5.74, 6) is -0.0345. The van der Waals surface area contributed by atoms with Crippen LogP contribution in [0.2, 0.25) is 0 Å². The Labute approximate surface area is 92.0 Å². The van der Waals surface area contributed by atoms with Crippen LogP contribution in [0.3, 0.4) is 0 Å². The fourth-order valence-electron chi connectivity index (χ4n) is 2.42. The first-order valence-electron chi connectivity index (χ1n) is 5.56. The molecule has 3 atom stereocenters. The summed E-state index contributed by atoms with van der Waals surface area (Å²) in [6.07, 6.45) is 2.31. The molecule has 0 aromatic rings. The van der Waals surface area contributed by atoms with E-state index in [0.29, 0.717) is 6.04 Å². The van der Waals surface area contributed by atoms with Crippen molar-refractivity contribution in [2.45, 2.75) is 31.9 Å². The van der Waals surface area contributed by atoms with Crippen LogP contribution in [0.4, 0.5) is 0 Å². The second kappa shape index (κ2) is 5.47. The zero-order valence-electron chi connectivity index (χ0n) is 10.1. The molecule has 88 valence electrons. The number of ether oxygens (including phenoxy) is 1. The van der Waals surface area contributed by atoms with Gasteiger partial charge >= 0.3 is 0 Å². The van der Waals surface area contributed by atoms with Crippen LogP contribution in [0.1, 0.15) is 19.8 Å². The maximum absolute atomic E-state index is 11.6. The number of carbonyl (C=O) groups is 1. The quantitative estimate of drug-likeness (QED) is 0.740. The number of nitrogens with one attached hydrogen (secondary N) is 1. The van der Waals surface area contributed by atoms with Crippen molar-refractivity contribution in [2.24, 2.45) is 5.92 Å². The van der Waals surface area contributed by atoms with Crippen LogP contribution >= 0.6 is 0 Å². The van der Waals surface area contributed by atoms with Crippen molar-refractivity contribution in [3.63, 3.8) is 0 Å². The topological polar surface area (TPSA) is 41.6 Å². The monoisotopic (exact) mass is 214 g/mol. The van der Waals surface area contributed by atoms with Gasteiger partial charge in [0.05, 0.1) is 12.0 Å². The third kappa shape index (κ3) is 2.69. The SMILES string of the molecule is CNC(=O)C(C)C(OC)C1CCCN1C. The largest absolute Gasteiger partial charge is 0.379 e. The Bertz CT molecular complexity index is 221. The molecule has 1 heterocycles. The summed E-state index contributed by atoms with van der Waals surface area (Å²) in [7, 11) is 5.46. The van der Waals surface area contributed by atoms with Crippen LogP contribution in [0, 0.1) is 5.92 Å². The molecule has 1 aliphatic rings. The summed E-state index contributed by atoms with van der Waals surface area (Å²) in [5, 5.41) is 2.68. The van der Waals surface area contributed by atoms with Gasteiger partial charge in [-0.1, -0.05) is 6.92 Å². The average Bonchev–Trinajstić information content (AvgIpc) is 2.65. The van der Waals surface area contributed by atoms with E-state index in [4.69, 9.17) is 4.74 Å². The van der Waals surface area contributed by atoms with Gasteiger partial charge < -0.3 is 15.0 Å². The third-order valence-electron chi connectivity index (χ3n) is 3.38. The Morgan fingerprint density at radius 2 is 2.27 bits per heavy atom. The summed E-state index contributed by atoms with van der Waals surface area (Å²) in [5.41, 5.74) is 0. The molecule has 0 aliphatic carbocycles. The molecule has 1 N–H and O–H groups in total. The summed E-state index contributed by atoms with van der Waals surface area (Å²) in [6.45, 7) is 3.03. The van der Waals surface area contributed by atoms with Crippen molar-refractivity contribution in [1.82, 2.24) is 10.2 Å². The van der Waals surface area contributed by atoms with Crippen molar-refractivity contribution >= 4 is 5.91 Å². The van der Waals surface area contributed by atoms with Gasteiger partial charge in [0.25, 0.3) is 0 Å². The highest BCUT2D eigenvalue weighted by Crippen LogP contribution is 2.24. The second-order valence-electron chi connectivity index (χ2n) is 4.29. The number of methoxy groups -OCH3 is 1. The van der Waals surface area contributed by atoms with Gasteiger partial charge in [0.2, 0.25) is 5.91 Å². The predicted molar refractivity (Wildman–Crippen MR) is 59.7 cm³/mol. The number of rotatable bonds is 4. The number of amides is 1. The fourth-order valence-corrected chi connectivity index (χ4v) is 2.42. The van der Waals surface area contributed by atoms with Crippen LogP contribution in [0.15, 0.2) is 0 Å². The molecule has 0 saturated carbocycles. The molecule has 4 heteroatoms. The molecule has 4 nitrogen and oxygen atoms in total. The van der Waals surface area contributed by atoms with Crippen LogP contribution in [0.5, 0.6) is 0 Å². The molecule has 1 amide bonds. The third-order valence-corrected chi connectivity index (χ3v) is 3.38. The normalized spacial score (nSPS) is 26.3. The number of likely N-dealkylation sites (N-methyl/N-ethyl adjacent to an activating group) is 1. The molecule has 1 fully saturated rings. The first-order valence-corrected chi connectivity index (χ1v) is 5.56. The average molecular weight is 214 g/mol. The van der Waals surface area contributed by atoms with E-state index in [0.717, 1.165) is 13.0 Å². The highest BCUT2D eigenvalue weighted by atomic mass is 16.5. The van der Waals surface area contributed by atoms with Crippen molar-refractivity contribution < 1.29 is 9.53 Å². The Morgan fingerprint density at radius 3 is 2.67 bits per heavy atom. The van der Waals surface area contributed by atoms with Gasteiger partial charge in [0.1, 0.15) is 0 Å². The van der Waals surface area contributed by atoms with Crippen molar-refractivity contribution in [2.75, 3.05) is 27.7 Å². The van der Waals surface area contributed by atoms with Gasteiger partial charge in [-0.2, -0.15) is 0 Å². The number of nitrogens with zero attached hydrogens (tertiary/aromatic N) is 1. The summed E-state index contributed by atoms with van der Waals surface area (Å²) in [6, 6.07) is 0.377. The van der Waals surface area contributed by atoms with Crippen LogP contribution in [0.25, 0.3) is 0 Å². The van der Waals surface area contributed by atoms with E-state index >= 15 is 0 Å². The van der Waals surface area contributed by atoms with E-state index < -0.39 is 0 Å². The Hall–Kier alpha value is -0.610. The molecule has 15 heavy (non-hydrogen) atoms. The molecular weight excluding hydrogens is 192 g/mol. The molecule has 0 aromatic heterocycles. The zero-order chi connectivity index (χ0) is 11.4. The molecule has 0 radical (unpaired) electrons. The predicted octanol–water partition coefficient (Wildman–Crippen LogP) is 0.478. The van der Waals surface area contributed by atoms with E-state index in [1.165, 1.54) is 6.42 Å². The first-order chi connectivity index (χ1) is 7.11. The van der Waals surface area contributed by atoms with E-state index in [-0.39, 0.29) is 17.9 Å². The van der Waals surface area contributed by atoms with E-state index in [9.17, 15) is 4.79 Å². The van der Waals surface area contributed by atoms with Crippen molar-refractivity contribution in [1.29, 1.82) is 0 Å². The first kappa shape index (κ1) is 12.5. The highest BCUT2D eigenvalue weighted by molar-refractivity contribution is 5.78. The van der Waals surface area contributed by atoms with Crippen LogP contribution < -0.4 is 5.32 Å². The molecular formula is C11H22N2O2. The molecule has 1 saturated heterocycles. The Balaban J connectivity index is 2.65. The van der Waals surface area contributed by atoms with Crippen molar-refractivity contribution in [3.8, 4) is 0 Å². The van der Waals surface area contributed by atoms with E-state index in [1.807, 2.05) is 6.92 Å². The van der Waals surface area contributed by atoms with E-state index in [2.05, 4.69) is 17.3 Å². The maximum atomic E-state index is 11.6. The lowest BCUT2D eigenvalue weighted by molar-refractivity contribution is -0.130. The van der Waals surface area contributed by atoms with Gasteiger partial charge in [0.15, 0.2) is 0 Å². The maximum Gasteiger partial charge on any atom is 0.225 e. The Kier molecular flexibility index (Phi) is 4.54. The minimum absolute atomic E-state index is 0.00236. The molecule has 0 bridgehead atoms. The lowest BCUT2D eigenvalue weighted by Crippen LogP contribution is -2.46. The lowest BCUT2D eigenvalue weighted by Gasteiger charge is -2.31. The smallest absolute Gasteiger partial charge is 0.225 e. The number of likely N-dealkylation sites (tertiary alicyclic amines) is 1. The lowest BCUT2D eigenvalue weighted by atomic mass is 9.95. The van der Waals surface area contributed by atoms with Gasteiger partial charge in [-0.05, 0) is 26.4 Å². The molecule has 0 aromatic carbocycles. The standard InChI is InChI=1S/C11H22N2O2/c1-8(11(14)12-2)10(15-4)9-6-5-7-13(9)3/h8-10H,5-7H2,1-4H3,(H,12,14). The minimum atomic E-state index is -0.0921. The van der Waals surface area contributed by atoms with Crippen molar-refractivity contribution in [3.05, 3.63) is 0 Å².